The normalized spacial score (nSPS) is 15.3. The summed E-state index contributed by atoms with van der Waals surface area (Å²) in [5.74, 6) is -2.05. The van der Waals surface area contributed by atoms with Crippen LogP contribution in [0.2, 0.25) is 0 Å². The molecule has 1 aliphatic heterocycles. The van der Waals surface area contributed by atoms with Gasteiger partial charge in [-0.25, -0.2) is 23.5 Å². The molecule has 2 aliphatic rings. The molecule has 89 heavy (non-hydrogen) atoms. The van der Waals surface area contributed by atoms with Crippen molar-refractivity contribution in [1.82, 2.24) is 55.8 Å². The molecule has 22 nitrogen and oxygen atoms in total. The number of fused-ring (bicyclic) bond motifs is 2. The third kappa shape index (κ3) is 18.1. The maximum atomic E-state index is 15.0. The Hall–Kier alpha value is -8.90. The first-order chi connectivity index (χ1) is 42.5. The topological polar surface area (TPSA) is 262 Å². The number of anilines is 1. The highest BCUT2D eigenvalue weighted by Gasteiger charge is 2.44. The number of hydrogen-bond acceptors (Lipinski definition) is 15. The van der Waals surface area contributed by atoms with Crippen LogP contribution in [0.15, 0.2) is 104 Å². The van der Waals surface area contributed by atoms with Gasteiger partial charge in [0.15, 0.2) is 11.6 Å². The van der Waals surface area contributed by atoms with Crippen molar-refractivity contribution in [3.63, 3.8) is 0 Å². The van der Waals surface area contributed by atoms with Gasteiger partial charge in [0.1, 0.15) is 66.3 Å². The molecule has 4 aromatic carbocycles. The molecular formula is C65H80F2N12O10. The summed E-state index contributed by atoms with van der Waals surface area (Å²) in [6, 6.07) is 22.3. The average molecular weight is 1230 g/mol. The van der Waals surface area contributed by atoms with Gasteiger partial charge in [-0.15, -0.1) is 10.2 Å². The Morgan fingerprint density at radius 3 is 2.31 bits per heavy atom. The molecule has 0 saturated carbocycles. The van der Waals surface area contributed by atoms with Crippen LogP contribution in [-0.2, 0) is 72.4 Å². The van der Waals surface area contributed by atoms with Gasteiger partial charge in [-0.1, -0.05) is 63.2 Å². The molecule has 1 unspecified atom stereocenters. The van der Waals surface area contributed by atoms with Gasteiger partial charge >= 0.3 is 6.09 Å². The molecule has 8 rings (SSSR count). The molecule has 5 N–H and O–H groups in total. The van der Waals surface area contributed by atoms with Gasteiger partial charge in [0.2, 0.25) is 23.6 Å². The quantitative estimate of drug-likeness (QED) is 0.0331. The second kappa shape index (κ2) is 30.3. The highest BCUT2D eigenvalue weighted by atomic mass is 19.1. The third-order valence-electron chi connectivity index (χ3n) is 15.3. The molecule has 0 spiro atoms. The van der Waals surface area contributed by atoms with E-state index >= 15 is 4.79 Å². The number of benzene rings is 4. The average Bonchev–Trinajstić information content (AvgIpc) is 1.76. The Morgan fingerprint density at radius 2 is 1.56 bits per heavy atom. The summed E-state index contributed by atoms with van der Waals surface area (Å²) in [7, 11) is 1.47. The van der Waals surface area contributed by atoms with Crippen molar-refractivity contribution in [2.24, 2.45) is 5.41 Å². The summed E-state index contributed by atoms with van der Waals surface area (Å²) in [6.45, 7) is 13.5. The summed E-state index contributed by atoms with van der Waals surface area (Å²) in [6.07, 6.45) is 5.62. The summed E-state index contributed by atoms with van der Waals surface area (Å²) in [5, 5.41) is 23.7. The number of hydrogen-bond donors (Lipinski definition) is 5. The van der Waals surface area contributed by atoms with Crippen molar-refractivity contribution in [3.8, 4) is 17.3 Å². The largest absolute Gasteiger partial charge is 0.491 e. The molecule has 0 bridgehead atoms. The van der Waals surface area contributed by atoms with Crippen LogP contribution in [0.25, 0.3) is 11.5 Å². The molecule has 6 aromatic rings. The van der Waals surface area contributed by atoms with Gasteiger partial charge in [0.25, 0.3) is 5.91 Å². The molecule has 6 amide bonds. The van der Waals surface area contributed by atoms with Crippen LogP contribution in [-0.4, -0.2) is 141 Å². The number of amides is 6. The number of halogens is 2. The van der Waals surface area contributed by atoms with Crippen LogP contribution < -0.4 is 31.3 Å². The fourth-order valence-electron chi connectivity index (χ4n) is 10.4. The maximum Gasteiger partial charge on any atom is 0.410 e. The lowest BCUT2D eigenvalue weighted by Gasteiger charge is -2.42. The summed E-state index contributed by atoms with van der Waals surface area (Å²) < 4.78 is 53.2. The lowest BCUT2D eigenvalue weighted by atomic mass is 9.83. The Labute approximate surface area is 517 Å². The Balaban J connectivity index is 0.799. The van der Waals surface area contributed by atoms with Gasteiger partial charge in [-0.05, 0) is 130 Å². The summed E-state index contributed by atoms with van der Waals surface area (Å²) >= 11 is 0. The van der Waals surface area contributed by atoms with E-state index in [0.29, 0.717) is 48.3 Å². The molecule has 3 heterocycles. The van der Waals surface area contributed by atoms with E-state index < -0.39 is 64.6 Å². The highest BCUT2D eigenvalue weighted by Crippen LogP contribution is 2.34. The van der Waals surface area contributed by atoms with Gasteiger partial charge in [-0.3, -0.25) is 28.9 Å². The molecule has 24 heteroatoms. The minimum absolute atomic E-state index is 0.0602. The Bertz CT molecular complexity index is 3430. The van der Waals surface area contributed by atoms with Crippen LogP contribution in [0.3, 0.4) is 0 Å². The minimum Gasteiger partial charge on any atom is -0.491 e. The van der Waals surface area contributed by atoms with Crippen LogP contribution in [0.1, 0.15) is 118 Å². The van der Waals surface area contributed by atoms with E-state index in [1.165, 1.54) is 29.9 Å². The van der Waals surface area contributed by atoms with Gasteiger partial charge in [-0.2, -0.15) is 0 Å². The smallest absolute Gasteiger partial charge is 0.410 e. The molecular weight excluding hydrogens is 1150 g/mol. The number of aromatic nitrogens is 5. The number of likely N-dealkylation sites (N-methyl/N-ethyl adjacent to an activating group) is 1. The van der Waals surface area contributed by atoms with E-state index in [1.807, 2.05) is 61.7 Å². The van der Waals surface area contributed by atoms with Crippen LogP contribution in [0.4, 0.5) is 19.3 Å². The maximum absolute atomic E-state index is 15.0. The van der Waals surface area contributed by atoms with Gasteiger partial charge in [0.05, 0.1) is 32.4 Å². The lowest BCUT2D eigenvalue weighted by molar-refractivity contribution is -0.147. The monoisotopic (exact) mass is 1230 g/mol. The Morgan fingerprint density at radius 1 is 0.809 bits per heavy atom. The van der Waals surface area contributed by atoms with Crippen LogP contribution in [0.5, 0.6) is 5.75 Å². The number of carbonyl (C=O) groups excluding carboxylic acids is 6. The van der Waals surface area contributed by atoms with Crippen molar-refractivity contribution in [2.75, 3.05) is 51.9 Å². The van der Waals surface area contributed by atoms with E-state index in [2.05, 4.69) is 52.8 Å². The zero-order valence-electron chi connectivity index (χ0n) is 51.7. The zero-order chi connectivity index (χ0) is 63.8. The molecule has 0 radical (unpaired) electrons. The number of ether oxygens (including phenoxy) is 4. The second-order valence-corrected chi connectivity index (χ2v) is 24.1. The van der Waals surface area contributed by atoms with E-state index in [9.17, 15) is 32.8 Å². The number of aryl methyl sites for hydroxylation is 1. The number of carbonyl (C=O) groups is 6. The van der Waals surface area contributed by atoms with E-state index in [4.69, 9.17) is 18.9 Å². The fourth-order valence-corrected chi connectivity index (χ4v) is 10.4. The van der Waals surface area contributed by atoms with Crippen molar-refractivity contribution < 1.29 is 56.5 Å². The van der Waals surface area contributed by atoms with Crippen LogP contribution >= 0.6 is 0 Å². The third-order valence-corrected chi connectivity index (χ3v) is 15.3. The van der Waals surface area contributed by atoms with E-state index in [0.717, 1.165) is 48.1 Å². The first-order valence-electron chi connectivity index (χ1n) is 29.9. The summed E-state index contributed by atoms with van der Waals surface area (Å²) in [4.78, 5) is 93.3. The predicted molar refractivity (Wildman–Crippen MR) is 327 cm³/mol. The molecule has 1 aliphatic carbocycles. The highest BCUT2D eigenvalue weighted by molar-refractivity contribution is 5.96. The Kier molecular flexibility index (Phi) is 22.5. The summed E-state index contributed by atoms with van der Waals surface area (Å²) in [5.41, 5.74) is 3.47. The zero-order valence-corrected chi connectivity index (χ0v) is 51.7. The molecule has 2 aromatic heterocycles. The number of nitrogens with one attached hydrogen (secondary N) is 5. The van der Waals surface area contributed by atoms with Crippen molar-refractivity contribution in [1.29, 1.82) is 0 Å². The fraction of sp³-hybridized carbons (Fsp3) is 0.446. The van der Waals surface area contributed by atoms with Gasteiger partial charge in [0, 0.05) is 62.7 Å². The second-order valence-electron chi connectivity index (χ2n) is 24.1. The van der Waals surface area contributed by atoms with Gasteiger partial charge < -0.3 is 55.0 Å². The molecule has 4 atom stereocenters. The first-order valence-corrected chi connectivity index (χ1v) is 29.9. The molecule has 0 fully saturated rings. The first kappa shape index (κ1) is 66.1. The van der Waals surface area contributed by atoms with E-state index in [1.54, 1.807) is 69.1 Å². The van der Waals surface area contributed by atoms with Crippen molar-refractivity contribution in [2.45, 2.75) is 137 Å². The minimum atomic E-state index is -1.08. The van der Waals surface area contributed by atoms with E-state index in [-0.39, 0.29) is 88.1 Å². The SMILES string of the molecule is C[C@@H](C(=O)NC(C(=O)N1Cc2cc(OCCOCCOCC(=O)NCCCn3c(CNc4cccc(C(=O)NCc5c(F)cccc5F)c4)nnc3-c3ccncn3)ccc2C[C@H]1C(=O)N[C@@H]1CCCc2ccccc21)C(C)(C)C)N(C)C(=O)OC(C)(C)C. The number of nitrogens with zero attached hydrogens (tertiary/aromatic N) is 7. The molecule has 0 saturated heterocycles. The predicted octanol–water partition coefficient (Wildman–Crippen LogP) is 7.41. The lowest BCUT2D eigenvalue weighted by Crippen LogP contribution is -2.62. The standard InChI is InChI=1S/C65H80F2N12O10/c1-41(77(8)63(85)89-65(5,6)7)59(81)74-57(64(2,3)4)62(84)79-38-45-34-47(24-23-43(45)35-54(79)61(83)73-52-22-12-16-42-15-9-10-19-48(42)52)88-32-31-86-29-30-87-39-56(80)69-26-14-28-78-55(75-76-58(78)53-25-27-68-40-72-53)37-70-46-18-11-17-44(33-46)60(82)71-36-49-50(66)20-13-21-51(49)67/h9-11,13,15,17-21,23-25,27,33-34,40-41,52,54,57,70H,12,14,16,22,26,28-32,35-39H2,1-8H3,(H,69,80)(H,71,82)(H,73,83)(H,74,81)/t41-,52+,54-,57?/m0/s1. The van der Waals surface area contributed by atoms with Crippen molar-refractivity contribution in [3.05, 3.63) is 154 Å². The van der Waals surface area contributed by atoms with Crippen LogP contribution in [0, 0.1) is 17.0 Å². The molecule has 474 valence electrons. The number of rotatable bonds is 26. The van der Waals surface area contributed by atoms with Crippen molar-refractivity contribution >= 4 is 41.3 Å².